The molecule has 89 valence electrons. The summed E-state index contributed by atoms with van der Waals surface area (Å²) in [6, 6.07) is 0. The third-order valence-electron chi connectivity index (χ3n) is 0. The molecule has 0 aromatic heterocycles. The van der Waals surface area contributed by atoms with Crippen LogP contribution >= 0.6 is 0 Å². The second-order valence-electron chi connectivity index (χ2n) is 0. The van der Waals surface area contributed by atoms with Crippen LogP contribution in [0.25, 0.3) is 0 Å². The molecular weight excluding hydrogens is 403 g/mol. The molecule has 0 rings (SSSR count). The van der Waals surface area contributed by atoms with Crippen molar-refractivity contribution in [2.45, 2.75) is 0 Å². The monoisotopic (exact) mass is 409 g/mol. The first-order valence-corrected chi connectivity index (χ1v) is 0. The Balaban J connectivity index is 0. The van der Waals surface area contributed by atoms with E-state index in [0.717, 1.165) is 0 Å². The van der Waals surface area contributed by atoms with Gasteiger partial charge in [-0.05, 0) is 0 Å². The summed E-state index contributed by atoms with van der Waals surface area (Å²) in [5.41, 5.74) is 0. The fourth-order valence-electron chi connectivity index (χ4n) is 0. The topological polar surface area (TPSA) is 237 Å². The minimum absolute atomic E-state index is 0. The van der Waals surface area contributed by atoms with E-state index in [-0.39, 0.29) is 129 Å². The average Bonchev–Trinajstić information content (AvgIpc) is 0. The molecule has 6 N–H and O–H groups in total. The maximum atomic E-state index is 0. The first kappa shape index (κ1) is 600. The van der Waals surface area contributed by atoms with Crippen LogP contribution in [0.2, 0.25) is 0 Å². The summed E-state index contributed by atoms with van der Waals surface area (Å²) >= 11 is 0. The van der Waals surface area contributed by atoms with E-state index in [9.17, 15) is 0 Å². The van der Waals surface area contributed by atoms with E-state index in [1.807, 2.05) is 0 Å². The van der Waals surface area contributed by atoms with Gasteiger partial charge in [0.15, 0.2) is 0 Å². The van der Waals surface area contributed by atoms with Crippen molar-refractivity contribution in [2.24, 2.45) is 0 Å². The third kappa shape index (κ3) is 415. The molecule has 0 fully saturated rings. The second-order valence-corrected chi connectivity index (χ2v) is 0. The summed E-state index contributed by atoms with van der Waals surface area (Å²) in [5.74, 6) is 0. The molecule has 0 heterocycles. The first-order chi connectivity index (χ1) is 0. The zero-order valence-electron chi connectivity index (χ0n) is 5.43. The quantitative estimate of drug-likeness (QED) is 0.362. The van der Waals surface area contributed by atoms with Gasteiger partial charge in [-0.3, -0.25) is 0 Å². The summed E-state index contributed by atoms with van der Waals surface area (Å²) in [6.45, 7) is 0. The van der Waals surface area contributed by atoms with Crippen LogP contribution in [0.3, 0.4) is 0 Å². The number of hydrogen-bond acceptors (Lipinski definition) is 0. The Morgan fingerprint density at radius 1 is 0.231 bits per heavy atom. The second kappa shape index (κ2) is 485. The zero-order valence-corrected chi connectivity index (χ0v) is 11.3. The Morgan fingerprint density at radius 2 is 0.231 bits per heavy atom. The zero-order chi connectivity index (χ0) is 0. The van der Waals surface area contributed by atoms with Gasteiger partial charge in [-0.1, -0.05) is 0 Å². The van der Waals surface area contributed by atoms with Gasteiger partial charge in [0.25, 0.3) is 0 Å². The van der Waals surface area contributed by atoms with Crippen LogP contribution in [0, 0.1) is 0 Å². The first-order valence-electron chi connectivity index (χ1n) is 0. The summed E-state index contributed by atoms with van der Waals surface area (Å²) in [7, 11) is 0. The number of rotatable bonds is 0. The Hall–Kier alpha value is 2.28. The molecular formula is H6Mn5O8. The van der Waals surface area contributed by atoms with Crippen molar-refractivity contribution in [2.75, 3.05) is 0 Å². The van der Waals surface area contributed by atoms with Crippen molar-refractivity contribution in [3.8, 4) is 0 Å². The van der Waals surface area contributed by atoms with E-state index in [1.54, 1.807) is 0 Å². The smallest absolute Gasteiger partial charge is 2.00 e. The van der Waals surface area contributed by atoms with Crippen LogP contribution in [0.4, 0.5) is 0 Å². The van der Waals surface area contributed by atoms with Gasteiger partial charge in [-0.2, -0.15) is 0 Å². The molecule has 0 aliphatic carbocycles. The molecule has 8 nitrogen and oxygen atoms in total. The van der Waals surface area contributed by atoms with Crippen molar-refractivity contribution >= 4 is 0 Å². The molecule has 0 aliphatic rings. The minimum Gasteiger partial charge on any atom is -2.00 e. The maximum Gasteiger partial charge on any atom is 2.00 e. The normalized spacial score (nSPS) is 0. The Labute approximate surface area is 128 Å². The van der Waals surface area contributed by atoms with Gasteiger partial charge in [0.1, 0.15) is 0 Å². The van der Waals surface area contributed by atoms with Gasteiger partial charge in [-0.25, -0.2) is 0 Å². The molecule has 13 heteroatoms. The van der Waals surface area contributed by atoms with E-state index < -0.39 is 0 Å². The predicted octanol–water partition coefficient (Wildman–Crippen LogP) is -3.08. The molecule has 13 heavy (non-hydrogen) atoms. The predicted molar refractivity (Wildman–Crippen MR) is 14.3 cm³/mol. The fraction of sp³-hybridized carbons (Fsp3) is 0. The van der Waals surface area contributed by atoms with Crippen LogP contribution in [0.5, 0.6) is 0 Å². The molecule has 0 bridgehead atoms. The molecule has 0 aromatic rings. The molecule has 0 saturated heterocycles. The van der Waals surface area contributed by atoms with Crippen molar-refractivity contribution < 1.29 is 129 Å². The fourth-order valence-corrected chi connectivity index (χ4v) is 0. The van der Waals surface area contributed by atoms with E-state index in [1.165, 1.54) is 0 Å². The Kier molecular flexibility index (Phi) is 22400. The van der Waals surface area contributed by atoms with Crippen LogP contribution in [0.15, 0.2) is 0 Å². The summed E-state index contributed by atoms with van der Waals surface area (Å²) in [6.07, 6.45) is 0. The SMILES string of the molecule is O.O.O.[Mn+2].[Mn+2].[Mn+2].[Mn+2].[Mn+2].[O-2].[O-2].[O-2].[O-2].[O-2]. The van der Waals surface area contributed by atoms with Crippen LogP contribution in [-0.2, 0) is 113 Å². The molecule has 0 saturated carbocycles. The van der Waals surface area contributed by atoms with Gasteiger partial charge in [0, 0.05) is 0 Å². The van der Waals surface area contributed by atoms with Crippen molar-refractivity contribution in [3.05, 3.63) is 0 Å². The van der Waals surface area contributed by atoms with Crippen molar-refractivity contribution in [1.82, 2.24) is 0 Å². The van der Waals surface area contributed by atoms with Gasteiger partial charge in [-0.15, -0.1) is 0 Å². The molecule has 0 spiro atoms. The Morgan fingerprint density at radius 3 is 0.231 bits per heavy atom. The summed E-state index contributed by atoms with van der Waals surface area (Å²) in [4.78, 5) is 0. The van der Waals surface area contributed by atoms with Gasteiger partial charge < -0.3 is 43.8 Å². The van der Waals surface area contributed by atoms with Crippen LogP contribution in [-0.4, -0.2) is 16.4 Å². The van der Waals surface area contributed by atoms with E-state index in [2.05, 4.69) is 0 Å². The standard InChI is InChI=1S/5Mn.3H2O.5O/h;;;;;3*1H2;;;;;/q5*+2;;;;5*-2. The molecule has 0 amide bonds. The molecule has 0 unspecified atom stereocenters. The largest absolute Gasteiger partial charge is 2.00 e. The summed E-state index contributed by atoms with van der Waals surface area (Å²) < 4.78 is 0. The molecule has 0 atom stereocenters. The maximum absolute atomic E-state index is 0. The van der Waals surface area contributed by atoms with E-state index >= 15 is 0 Å². The minimum atomic E-state index is 0. The van der Waals surface area contributed by atoms with E-state index in [0.29, 0.717) is 0 Å². The van der Waals surface area contributed by atoms with E-state index in [4.69, 9.17) is 0 Å². The summed E-state index contributed by atoms with van der Waals surface area (Å²) in [5, 5.41) is 0. The van der Waals surface area contributed by atoms with Gasteiger partial charge in [0.2, 0.25) is 0 Å². The number of hydrogen-bond donors (Lipinski definition) is 0. The molecule has 0 aromatic carbocycles. The molecule has 0 aliphatic heterocycles. The van der Waals surface area contributed by atoms with Crippen LogP contribution < -0.4 is 0 Å². The van der Waals surface area contributed by atoms with Crippen LogP contribution in [0.1, 0.15) is 0 Å². The third-order valence-corrected chi connectivity index (χ3v) is 0. The molecule has 5 radical (unpaired) electrons. The average molecular weight is 409 g/mol. The van der Waals surface area contributed by atoms with Gasteiger partial charge in [0.05, 0.1) is 0 Å². The van der Waals surface area contributed by atoms with Gasteiger partial charge >= 0.3 is 85.3 Å². The Bertz CT molecular complexity index is 12.5. The van der Waals surface area contributed by atoms with Crippen molar-refractivity contribution in [1.29, 1.82) is 0 Å². The van der Waals surface area contributed by atoms with Crippen molar-refractivity contribution in [3.63, 3.8) is 0 Å².